The third kappa shape index (κ3) is 4.91. The lowest BCUT2D eigenvalue weighted by molar-refractivity contribution is -0.115. The summed E-state index contributed by atoms with van der Waals surface area (Å²) in [5.41, 5.74) is 2.00. The van der Waals surface area contributed by atoms with E-state index in [1.165, 1.54) is 23.1 Å². The van der Waals surface area contributed by atoms with Crippen molar-refractivity contribution in [1.29, 1.82) is 0 Å². The summed E-state index contributed by atoms with van der Waals surface area (Å²) < 4.78 is 0. The Balaban J connectivity index is 1.60. The number of aromatic amines is 1. The van der Waals surface area contributed by atoms with E-state index in [1.54, 1.807) is 31.2 Å². The number of benzene rings is 1. The van der Waals surface area contributed by atoms with Crippen molar-refractivity contribution in [3.05, 3.63) is 56.4 Å². The number of thioether (sulfide) groups is 1. The predicted molar refractivity (Wildman–Crippen MR) is 124 cm³/mol. The van der Waals surface area contributed by atoms with E-state index in [1.807, 2.05) is 20.8 Å². The van der Waals surface area contributed by atoms with E-state index in [0.29, 0.717) is 34.8 Å². The van der Waals surface area contributed by atoms with Crippen LogP contribution in [-0.2, 0) is 10.5 Å². The lowest BCUT2D eigenvalue weighted by Gasteiger charge is -2.12. The smallest absolute Gasteiger partial charge is 0.259 e. The average Bonchev–Trinajstić information content (AvgIpc) is 3.00. The zero-order chi connectivity index (χ0) is 21.8. The highest BCUT2D eigenvalue weighted by Gasteiger charge is 2.16. The fourth-order valence-corrected chi connectivity index (χ4v) is 4.66. The number of carbonyl (C=O) groups excluding carboxylic acids is 2. The standard InChI is InChI=1S/C21H24N4O3S2/c1-5-22-19(27)14-6-8-15(9-7-14)23-18(26)13(4)29-10-16-24-20(28)17-11(2)12(3)30-21(17)25-16/h6-9,13H,5,10H2,1-4H3,(H,22,27)(H,23,26)(H,24,25,28). The number of carbonyl (C=O) groups is 2. The Morgan fingerprint density at radius 1 is 1.23 bits per heavy atom. The van der Waals surface area contributed by atoms with Crippen molar-refractivity contribution < 1.29 is 9.59 Å². The van der Waals surface area contributed by atoms with E-state index in [9.17, 15) is 14.4 Å². The van der Waals surface area contributed by atoms with Gasteiger partial charge in [0, 0.05) is 22.7 Å². The molecule has 2 aromatic heterocycles. The largest absolute Gasteiger partial charge is 0.352 e. The number of thiophene rings is 1. The number of rotatable bonds is 7. The maximum absolute atomic E-state index is 12.5. The van der Waals surface area contributed by atoms with Crippen molar-refractivity contribution in [3.8, 4) is 0 Å². The number of fused-ring (bicyclic) bond motifs is 1. The van der Waals surface area contributed by atoms with Crippen LogP contribution < -0.4 is 16.2 Å². The molecule has 1 aromatic carbocycles. The van der Waals surface area contributed by atoms with E-state index in [4.69, 9.17) is 0 Å². The fourth-order valence-electron chi connectivity index (χ4n) is 2.86. The van der Waals surface area contributed by atoms with E-state index >= 15 is 0 Å². The lowest BCUT2D eigenvalue weighted by atomic mass is 10.2. The third-order valence-electron chi connectivity index (χ3n) is 4.68. The molecule has 3 aromatic rings. The number of anilines is 1. The van der Waals surface area contributed by atoms with Crippen LogP contribution >= 0.6 is 23.1 Å². The van der Waals surface area contributed by atoms with Crippen LogP contribution in [0.3, 0.4) is 0 Å². The van der Waals surface area contributed by atoms with E-state index in [-0.39, 0.29) is 22.6 Å². The molecule has 0 saturated carbocycles. The molecule has 0 aliphatic carbocycles. The summed E-state index contributed by atoms with van der Waals surface area (Å²) in [5.74, 6) is 0.682. The molecule has 2 heterocycles. The molecule has 3 rings (SSSR count). The molecule has 9 heteroatoms. The van der Waals surface area contributed by atoms with Gasteiger partial charge in [0.2, 0.25) is 5.91 Å². The number of aryl methyl sites for hydroxylation is 2. The molecule has 0 bridgehead atoms. The van der Waals surface area contributed by atoms with E-state index < -0.39 is 0 Å². The second-order valence-corrected chi connectivity index (χ2v) is 9.39. The van der Waals surface area contributed by atoms with Crippen LogP contribution in [0.5, 0.6) is 0 Å². The minimum atomic E-state index is -0.346. The van der Waals surface area contributed by atoms with Gasteiger partial charge in [0.1, 0.15) is 10.7 Å². The summed E-state index contributed by atoms with van der Waals surface area (Å²) in [6, 6.07) is 6.75. The minimum absolute atomic E-state index is 0.137. The molecule has 0 fully saturated rings. The normalized spacial score (nSPS) is 12.0. The van der Waals surface area contributed by atoms with Crippen LogP contribution in [0.2, 0.25) is 0 Å². The van der Waals surface area contributed by atoms with E-state index in [0.717, 1.165) is 15.3 Å². The molecule has 0 aliphatic heterocycles. The highest BCUT2D eigenvalue weighted by molar-refractivity contribution is 7.99. The zero-order valence-electron chi connectivity index (χ0n) is 17.3. The van der Waals surface area contributed by atoms with Gasteiger partial charge in [0.25, 0.3) is 11.5 Å². The van der Waals surface area contributed by atoms with Crippen molar-refractivity contribution in [2.45, 2.75) is 38.7 Å². The Hall–Kier alpha value is -2.65. The van der Waals surface area contributed by atoms with Crippen LogP contribution in [0.1, 0.15) is 40.5 Å². The van der Waals surface area contributed by atoms with Crippen molar-refractivity contribution in [3.63, 3.8) is 0 Å². The topological polar surface area (TPSA) is 104 Å². The molecular weight excluding hydrogens is 420 g/mol. The van der Waals surface area contributed by atoms with Crippen LogP contribution in [0.4, 0.5) is 5.69 Å². The molecule has 2 amide bonds. The zero-order valence-corrected chi connectivity index (χ0v) is 18.9. The van der Waals surface area contributed by atoms with Gasteiger partial charge < -0.3 is 15.6 Å². The molecule has 0 aliphatic rings. The summed E-state index contributed by atoms with van der Waals surface area (Å²) in [5, 5.41) is 5.88. The second-order valence-electron chi connectivity index (χ2n) is 6.86. The lowest BCUT2D eigenvalue weighted by Crippen LogP contribution is -2.24. The number of hydrogen-bond donors (Lipinski definition) is 3. The first-order valence-electron chi connectivity index (χ1n) is 9.59. The number of amides is 2. The average molecular weight is 445 g/mol. The Bertz CT molecular complexity index is 1140. The fraction of sp³-hybridized carbons (Fsp3) is 0.333. The van der Waals surface area contributed by atoms with Gasteiger partial charge in [-0.1, -0.05) is 0 Å². The minimum Gasteiger partial charge on any atom is -0.352 e. The molecule has 3 N–H and O–H groups in total. The second kappa shape index (κ2) is 9.44. The Labute approximate surface area is 182 Å². The summed E-state index contributed by atoms with van der Waals surface area (Å²) in [6.45, 7) is 8.13. The Morgan fingerprint density at radius 3 is 2.60 bits per heavy atom. The molecule has 7 nitrogen and oxygen atoms in total. The van der Waals surface area contributed by atoms with Crippen LogP contribution in [-0.4, -0.2) is 33.6 Å². The van der Waals surface area contributed by atoms with Gasteiger partial charge in [-0.3, -0.25) is 14.4 Å². The summed E-state index contributed by atoms with van der Waals surface area (Å²) in [6.07, 6.45) is 0. The quantitative estimate of drug-likeness (QED) is 0.516. The van der Waals surface area contributed by atoms with Crippen molar-refractivity contribution >= 4 is 50.8 Å². The predicted octanol–water partition coefficient (Wildman–Crippen LogP) is 3.61. The SMILES string of the molecule is CCNC(=O)c1ccc(NC(=O)C(C)SCc2nc3sc(C)c(C)c3c(=O)[nH]2)cc1. The molecule has 0 spiro atoms. The number of hydrogen-bond acceptors (Lipinski definition) is 6. The highest BCUT2D eigenvalue weighted by Crippen LogP contribution is 2.26. The maximum atomic E-state index is 12.5. The van der Waals surface area contributed by atoms with Gasteiger partial charge in [-0.2, -0.15) is 0 Å². The monoisotopic (exact) mass is 444 g/mol. The summed E-state index contributed by atoms with van der Waals surface area (Å²) in [7, 11) is 0. The number of nitrogens with zero attached hydrogens (tertiary/aromatic N) is 1. The third-order valence-corrected chi connectivity index (χ3v) is 6.93. The maximum Gasteiger partial charge on any atom is 0.259 e. The Morgan fingerprint density at radius 2 is 1.93 bits per heavy atom. The van der Waals surface area contributed by atoms with Crippen LogP contribution in [0.15, 0.2) is 29.1 Å². The molecule has 1 unspecified atom stereocenters. The number of aromatic nitrogens is 2. The first-order chi connectivity index (χ1) is 14.3. The van der Waals surface area contributed by atoms with Gasteiger partial charge in [-0.05, 0) is 57.5 Å². The molecule has 1 atom stereocenters. The van der Waals surface area contributed by atoms with Crippen molar-refractivity contribution in [1.82, 2.24) is 15.3 Å². The first-order valence-corrected chi connectivity index (χ1v) is 11.5. The number of nitrogens with one attached hydrogen (secondary N) is 3. The summed E-state index contributed by atoms with van der Waals surface area (Å²) in [4.78, 5) is 45.8. The van der Waals surface area contributed by atoms with Gasteiger partial charge >= 0.3 is 0 Å². The molecule has 30 heavy (non-hydrogen) atoms. The summed E-state index contributed by atoms with van der Waals surface area (Å²) >= 11 is 2.90. The van der Waals surface area contributed by atoms with Crippen LogP contribution in [0.25, 0.3) is 10.2 Å². The van der Waals surface area contributed by atoms with Crippen molar-refractivity contribution in [2.24, 2.45) is 0 Å². The van der Waals surface area contributed by atoms with Crippen LogP contribution in [0, 0.1) is 13.8 Å². The van der Waals surface area contributed by atoms with Gasteiger partial charge in [0.15, 0.2) is 0 Å². The molecule has 0 saturated heterocycles. The van der Waals surface area contributed by atoms with Gasteiger partial charge in [0.05, 0.1) is 16.4 Å². The highest BCUT2D eigenvalue weighted by atomic mass is 32.2. The molecular formula is C21H24N4O3S2. The first kappa shape index (κ1) is 22.0. The number of H-pyrrole nitrogens is 1. The van der Waals surface area contributed by atoms with Gasteiger partial charge in [-0.15, -0.1) is 23.1 Å². The Kier molecular flexibility index (Phi) is 6.94. The molecule has 0 radical (unpaired) electrons. The van der Waals surface area contributed by atoms with Gasteiger partial charge in [-0.25, -0.2) is 4.98 Å². The van der Waals surface area contributed by atoms with Crippen molar-refractivity contribution in [2.75, 3.05) is 11.9 Å². The van der Waals surface area contributed by atoms with E-state index in [2.05, 4.69) is 20.6 Å². The molecule has 158 valence electrons.